The van der Waals surface area contributed by atoms with Crippen molar-refractivity contribution in [3.63, 3.8) is 0 Å². The molecule has 1 aliphatic heterocycles. The van der Waals surface area contributed by atoms with E-state index in [0.717, 1.165) is 50.4 Å². The molecule has 9 rings (SSSR count). The lowest BCUT2D eigenvalue weighted by molar-refractivity contribution is 0.00578. The second-order valence-corrected chi connectivity index (χ2v) is 19.8. The maximum absolute atomic E-state index is 6.45. The molecule has 6 heteroatoms. The summed E-state index contributed by atoms with van der Waals surface area (Å²) in [5.41, 5.74) is 8.14. The van der Waals surface area contributed by atoms with E-state index in [-0.39, 0.29) is 0 Å². The van der Waals surface area contributed by atoms with Gasteiger partial charge in [-0.25, -0.2) is 4.98 Å². The minimum Gasteiger partial charge on any atom is -0.399 e. The van der Waals surface area contributed by atoms with Crippen LogP contribution in [0.2, 0.25) is 0 Å². The summed E-state index contributed by atoms with van der Waals surface area (Å²) in [7, 11) is -3.20. The van der Waals surface area contributed by atoms with Gasteiger partial charge in [0.15, 0.2) is 8.07 Å². The third-order valence-electron chi connectivity index (χ3n) is 12.0. The minimum absolute atomic E-state index is 0.407. The first-order chi connectivity index (χ1) is 28.2. The molecule has 1 fully saturated rings. The Morgan fingerprint density at radius 2 is 0.845 bits per heavy atom. The molecule has 0 radical (unpaired) electrons. The number of nitrogens with zero attached hydrogens (tertiary/aromatic N) is 2. The zero-order valence-electron chi connectivity index (χ0n) is 33.3. The molecule has 1 aromatic heterocycles. The van der Waals surface area contributed by atoms with Crippen LogP contribution in [-0.4, -0.2) is 36.4 Å². The van der Waals surface area contributed by atoms with E-state index in [2.05, 4.69) is 185 Å². The normalized spacial score (nSPS) is 14.7. The maximum atomic E-state index is 6.45. The molecule has 0 amide bonds. The van der Waals surface area contributed by atoms with E-state index in [1.165, 1.54) is 20.7 Å². The Bertz CT molecular complexity index is 2600. The van der Waals surface area contributed by atoms with E-state index < -0.39 is 26.4 Å². The van der Waals surface area contributed by atoms with Crippen LogP contribution in [0.1, 0.15) is 27.7 Å². The molecule has 7 aromatic carbocycles. The zero-order valence-corrected chi connectivity index (χ0v) is 34.3. The van der Waals surface area contributed by atoms with Crippen molar-refractivity contribution < 1.29 is 9.31 Å². The van der Waals surface area contributed by atoms with Gasteiger partial charge in [-0.05, 0) is 71.1 Å². The lowest BCUT2D eigenvalue weighted by Crippen LogP contribution is -2.74. The minimum atomic E-state index is -2.78. The van der Waals surface area contributed by atoms with Gasteiger partial charge in [0, 0.05) is 16.7 Å². The second kappa shape index (κ2) is 15.3. The molecule has 58 heavy (non-hydrogen) atoms. The smallest absolute Gasteiger partial charge is 0.399 e. The van der Waals surface area contributed by atoms with Gasteiger partial charge in [0.2, 0.25) is 0 Å². The van der Waals surface area contributed by atoms with Gasteiger partial charge in [0.25, 0.3) is 0 Å². The molecule has 282 valence electrons. The number of rotatable bonds is 9. The van der Waals surface area contributed by atoms with Gasteiger partial charge in [0.05, 0.1) is 34.5 Å². The number of hydrogen-bond donors (Lipinski definition) is 0. The van der Waals surface area contributed by atoms with Crippen molar-refractivity contribution in [3.05, 3.63) is 200 Å². The zero-order chi connectivity index (χ0) is 39.7. The Kier molecular flexibility index (Phi) is 9.86. The van der Waals surface area contributed by atoms with Crippen LogP contribution < -0.4 is 26.2 Å². The second-order valence-electron chi connectivity index (χ2n) is 16.0. The van der Waals surface area contributed by atoms with Crippen LogP contribution in [0.3, 0.4) is 0 Å². The van der Waals surface area contributed by atoms with Crippen LogP contribution in [0.5, 0.6) is 0 Å². The van der Waals surface area contributed by atoms with Crippen LogP contribution in [0.25, 0.3) is 44.9 Å². The number of aromatic nitrogens is 2. The predicted octanol–water partition coefficient (Wildman–Crippen LogP) is 8.82. The molecule has 2 heterocycles. The van der Waals surface area contributed by atoms with E-state index in [0.29, 0.717) is 0 Å². The van der Waals surface area contributed by atoms with Crippen molar-refractivity contribution in [2.45, 2.75) is 38.9 Å². The van der Waals surface area contributed by atoms with E-state index in [4.69, 9.17) is 19.3 Å². The first kappa shape index (κ1) is 37.4. The van der Waals surface area contributed by atoms with Crippen LogP contribution in [0.15, 0.2) is 200 Å². The molecule has 1 saturated heterocycles. The Labute approximate surface area is 343 Å². The van der Waals surface area contributed by atoms with Crippen molar-refractivity contribution in [3.8, 4) is 44.9 Å². The fraction of sp³-hybridized carbons (Fsp3) is 0.115. The highest BCUT2D eigenvalue weighted by Crippen LogP contribution is 2.37. The van der Waals surface area contributed by atoms with Gasteiger partial charge in [-0.3, -0.25) is 4.98 Å². The summed E-state index contributed by atoms with van der Waals surface area (Å²) in [4.78, 5) is 10.2. The molecule has 0 unspecified atom stereocenters. The van der Waals surface area contributed by atoms with Gasteiger partial charge in [-0.2, -0.15) is 0 Å². The topological polar surface area (TPSA) is 44.2 Å². The molecule has 0 atom stereocenters. The Balaban J connectivity index is 1.11. The highest BCUT2D eigenvalue weighted by Gasteiger charge is 2.52. The van der Waals surface area contributed by atoms with Crippen LogP contribution >= 0.6 is 0 Å². The van der Waals surface area contributed by atoms with Crippen molar-refractivity contribution in [2.75, 3.05) is 0 Å². The summed E-state index contributed by atoms with van der Waals surface area (Å²) < 4.78 is 12.9. The molecular weight excluding hydrogens is 723 g/mol. The van der Waals surface area contributed by atoms with Gasteiger partial charge >= 0.3 is 7.12 Å². The van der Waals surface area contributed by atoms with E-state index >= 15 is 0 Å². The predicted molar refractivity (Wildman–Crippen MR) is 243 cm³/mol. The number of benzene rings is 7. The van der Waals surface area contributed by atoms with Gasteiger partial charge < -0.3 is 9.31 Å². The third-order valence-corrected chi connectivity index (χ3v) is 16.8. The number of hydrogen-bond acceptors (Lipinski definition) is 4. The molecule has 0 bridgehead atoms. The molecule has 0 aliphatic carbocycles. The highest BCUT2D eigenvalue weighted by molar-refractivity contribution is 7.19. The summed E-state index contributed by atoms with van der Waals surface area (Å²) in [6, 6.07) is 69.5. The fourth-order valence-electron chi connectivity index (χ4n) is 8.15. The lowest BCUT2D eigenvalue weighted by Gasteiger charge is -2.34. The van der Waals surface area contributed by atoms with Crippen molar-refractivity contribution >= 4 is 41.4 Å². The quantitative estimate of drug-likeness (QED) is 0.109. The summed E-state index contributed by atoms with van der Waals surface area (Å²) in [6.45, 7) is 8.40. The standard InChI is InChI=1S/C52H45BN2O2Si/c1-51(2)52(3,4)57-53(56-51)43-30-34-47(35-31-43)58(44-24-13-7-14-25-44,45-26-15-8-16-27-45)46-32-28-38(29-33-46)41-22-17-23-42(36-41)48-37-54-49(39-18-9-5-10-19-39)50(55-48)40-20-11-6-12-21-40/h5-37H,1-4H3. The fourth-order valence-corrected chi connectivity index (χ4v) is 12.9. The molecule has 1 aliphatic rings. The van der Waals surface area contributed by atoms with Gasteiger partial charge in [-0.15, -0.1) is 0 Å². The monoisotopic (exact) mass is 768 g/mol. The molecule has 4 nitrogen and oxygen atoms in total. The molecule has 0 N–H and O–H groups in total. The molecular formula is C52H45BN2O2Si. The summed E-state index contributed by atoms with van der Waals surface area (Å²) in [6.07, 6.45) is 1.90. The van der Waals surface area contributed by atoms with Crippen LogP contribution in [0.4, 0.5) is 0 Å². The Hall–Kier alpha value is -6.18. The van der Waals surface area contributed by atoms with E-state index in [1.54, 1.807) is 0 Å². The molecule has 8 aromatic rings. The maximum Gasteiger partial charge on any atom is 0.494 e. The van der Waals surface area contributed by atoms with Crippen LogP contribution in [-0.2, 0) is 9.31 Å². The highest BCUT2D eigenvalue weighted by atomic mass is 28.3. The van der Waals surface area contributed by atoms with Crippen LogP contribution in [0, 0.1) is 0 Å². The largest absolute Gasteiger partial charge is 0.494 e. The first-order valence-corrected chi connectivity index (χ1v) is 22.0. The summed E-state index contributed by atoms with van der Waals surface area (Å²) in [5, 5.41) is 5.26. The van der Waals surface area contributed by atoms with Crippen molar-refractivity contribution in [1.82, 2.24) is 9.97 Å². The van der Waals surface area contributed by atoms with Gasteiger partial charge in [0.1, 0.15) is 0 Å². The average Bonchev–Trinajstić information content (AvgIpc) is 3.51. The Morgan fingerprint density at radius 1 is 0.414 bits per heavy atom. The summed E-state index contributed by atoms with van der Waals surface area (Å²) >= 11 is 0. The Morgan fingerprint density at radius 3 is 1.38 bits per heavy atom. The molecule has 0 spiro atoms. The van der Waals surface area contributed by atoms with Crippen molar-refractivity contribution in [1.29, 1.82) is 0 Å². The summed E-state index contributed by atoms with van der Waals surface area (Å²) in [5.74, 6) is 0. The first-order valence-electron chi connectivity index (χ1n) is 20.0. The SMILES string of the molecule is CC1(C)OB(c2ccc([Si](c3ccccc3)(c3ccccc3)c3ccc(-c4cccc(-c5cnc(-c6ccccc6)c(-c6ccccc6)n5)c4)cc3)cc2)OC1(C)C. The average molecular weight is 769 g/mol. The third kappa shape index (κ3) is 6.83. The van der Waals surface area contributed by atoms with E-state index in [1.807, 2.05) is 42.6 Å². The van der Waals surface area contributed by atoms with Gasteiger partial charge in [-0.1, -0.05) is 188 Å². The van der Waals surface area contributed by atoms with E-state index in [9.17, 15) is 0 Å². The lowest BCUT2D eigenvalue weighted by atomic mass is 9.79. The van der Waals surface area contributed by atoms with Crippen molar-refractivity contribution in [2.24, 2.45) is 0 Å². The molecule has 0 saturated carbocycles.